The van der Waals surface area contributed by atoms with Crippen LogP contribution in [0.1, 0.15) is 59.9 Å². The van der Waals surface area contributed by atoms with E-state index >= 15 is 0 Å². The van der Waals surface area contributed by atoms with Crippen molar-refractivity contribution in [2.45, 2.75) is 66.0 Å². The lowest BCUT2D eigenvalue weighted by Gasteiger charge is -2.32. The molecule has 0 aromatic heterocycles. The van der Waals surface area contributed by atoms with E-state index in [-0.39, 0.29) is 22.6 Å². The predicted molar refractivity (Wildman–Crippen MR) is 122 cm³/mol. The van der Waals surface area contributed by atoms with Gasteiger partial charge < -0.3 is 20.1 Å². The summed E-state index contributed by atoms with van der Waals surface area (Å²) in [5, 5.41) is 5.77. The third-order valence-corrected chi connectivity index (χ3v) is 5.24. The standard InChI is InChI=1S/C25H33FN2O5/c1-13(2)21(24(31)33-25(5,6)7)28-22(29)18-14(3)27-15(4)19(23(30)32-8)20(18)16-11-9-10-12-17(16)26/h9-13,20-21,27H,1-8H3,(H,28,29)/t20?,21-/m0/s1. The Bertz CT molecular complexity index is 1000. The lowest BCUT2D eigenvalue weighted by atomic mass is 9.79. The Hall–Kier alpha value is -3.16. The van der Waals surface area contributed by atoms with E-state index < -0.39 is 41.2 Å². The van der Waals surface area contributed by atoms with E-state index in [1.165, 1.54) is 25.3 Å². The Morgan fingerprint density at radius 1 is 1.06 bits per heavy atom. The number of rotatable bonds is 6. The molecule has 7 nitrogen and oxygen atoms in total. The number of hydrogen-bond acceptors (Lipinski definition) is 6. The average Bonchev–Trinajstić information content (AvgIpc) is 2.69. The number of nitrogens with one attached hydrogen (secondary N) is 2. The maximum atomic E-state index is 14.9. The Balaban J connectivity index is 2.56. The minimum Gasteiger partial charge on any atom is -0.466 e. The molecule has 180 valence electrons. The summed E-state index contributed by atoms with van der Waals surface area (Å²) in [7, 11) is 1.23. The second-order valence-electron chi connectivity index (χ2n) is 9.38. The Morgan fingerprint density at radius 3 is 2.15 bits per heavy atom. The van der Waals surface area contributed by atoms with Crippen molar-refractivity contribution >= 4 is 17.8 Å². The number of dihydropyridines is 1. The zero-order valence-electron chi connectivity index (χ0n) is 20.5. The van der Waals surface area contributed by atoms with Gasteiger partial charge in [-0.1, -0.05) is 32.0 Å². The Morgan fingerprint density at radius 2 is 1.64 bits per heavy atom. The molecule has 0 spiro atoms. The van der Waals surface area contributed by atoms with Crippen molar-refractivity contribution < 1.29 is 28.2 Å². The fourth-order valence-corrected chi connectivity index (χ4v) is 3.78. The highest BCUT2D eigenvalue weighted by Crippen LogP contribution is 2.39. The maximum Gasteiger partial charge on any atom is 0.336 e. The van der Waals surface area contributed by atoms with Crippen LogP contribution in [-0.2, 0) is 23.9 Å². The number of ether oxygens (including phenoxy) is 2. The van der Waals surface area contributed by atoms with E-state index in [0.717, 1.165) is 0 Å². The van der Waals surface area contributed by atoms with E-state index in [1.54, 1.807) is 54.5 Å². The molecule has 0 saturated heterocycles. The smallest absolute Gasteiger partial charge is 0.336 e. The van der Waals surface area contributed by atoms with Gasteiger partial charge in [-0.2, -0.15) is 0 Å². The van der Waals surface area contributed by atoms with Gasteiger partial charge in [-0.25, -0.2) is 14.0 Å². The topological polar surface area (TPSA) is 93.7 Å². The second kappa shape index (κ2) is 10.2. The van der Waals surface area contributed by atoms with Gasteiger partial charge in [-0.15, -0.1) is 0 Å². The lowest BCUT2D eigenvalue weighted by Crippen LogP contribution is -2.49. The molecule has 0 saturated carbocycles. The van der Waals surface area contributed by atoms with Crippen molar-refractivity contribution in [1.82, 2.24) is 10.6 Å². The molecule has 0 radical (unpaired) electrons. The number of amides is 1. The number of hydrogen-bond donors (Lipinski definition) is 2. The van der Waals surface area contributed by atoms with Crippen LogP contribution in [0.5, 0.6) is 0 Å². The summed E-state index contributed by atoms with van der Waals surface area (Å²) in [4.78, 5) is 39.0. The Kier molecular flexibility index (Phi) is 8.06. The monoisotopic (exact) mass is 460 g/mol. The molecule has 1 aromatic carbocycles. The van der Waals surface area contributed by atoms with Gasteiger partial charge in [-0.05, 0) is 46.6 Å². The molecule has 1 heterocycles. The molecule has 2 rings (SSSR count). The van der Waals surface area contributed by atoms with E-state index in [2.05, 4.69) is 10.6 Å². The first-order valence-electron chi connectivity index (χ1n) is 10.8. The summed E-state index contributed by atoms with van der Waals surface area (Å²) in [6, 6.07) is 5.02. The highest BCUT2D eigenvalue weighted by Gasteiger charge is 2.40. The lowest BCUT2D eigenvalue weighted by molar-refractivity contribution is -0.159. The predicted octanol–water partition coefficient (Wildman–Crippen LogP) is 3.72. The van der Waals surface area contributed by atoms with E-state index in [9.17, 15) is 18.8 Å². The number of carbonyl (C=O) groups is 3. The van der Waals surface area contributed by atoms with Crippen LogP contribution in [0.3, 0.4) is 0 Å². The van der Waals surface area contributed by atoms with Crippen molar-refractivity contribution in [3.63, 3.8) is 0 Å². The summed E-state index contributed by atoms with van der Waals surface area (Å²) in [5.74, 6) is -3.72. The second-order valence-corrected chi connectivity index (χ2v) is 9.38. The number of halogens is 1. The summed E-state index contributed by atoms with van der Waals surface area (Å²) in [6.07, 6.45) is 0. The summed E-state index contributed by atoms with van der Waals surface area (Å²) < 4.78 is 25.3. The van der Waals surface area contributed by atoms with Crippen molar-refractivity contribution in [3.05, 3.63) is 58.2 Å². The van der Waals surface area contributed by atoms with Gasteiger partial charge in [0.25, 0.3) is 5.91 Å². The third-order valence-electron chi connectivity index (χ3n) is 5.24. The molecule has 1 aliphatic heterocycles. The van der Waals surface area contributed by atoms with Crippen LogP contribution in [0.2, 0.25) is 0 Å². The molecular formula is C25H33FN2O5. The van der Waals surface area contributed by atoms with Crippen molar-refractivity contribution in [2.24, 2.45) is 5.92 Å². The fourth-order valence-electron chi connectivity index (χ4n) is 3.78. The first kappa shape index (κ1) is 26.1. The quantitative estimate of drug-likeness (QED) is 0.629. The number of methoxy groups -OCH3 is 1. The van der Waals surface area contributed by atoms with E-state index in [4.69, 9.17) is 9.47 Å². The molecule has 8 heteroatoms. The van der Waals surface area contributed by atoms with Crippen LogP contribution in [0.4, 0.5) is 4.39 Å². The molecule has 0 bridgehead atoms. The van der Waals surface area contributed by atoms with Gasteiger partial charge >= 0.3 is 11.9 Å². The first-order chi connectivity index (χ1) is 15.3. The molecule has 0 fully saturated rings. The van der Waals surface area contributed by atoms with Crippen LogP contribution in [-0.4, -0.2) is 36.6 Å². The summed E-state index contributed by atoms with van der Waals surface area (Å²) in [6.45, 7) is 12.1. The van der Waals surface area contributed by atoms with Crippen LogP contribution in [0.25, 0.3) is 0 Å². The van der Waals surface area contributed by atoms with Gasteiger partial charge in [0, 0.05) is 22.5 Å². The van der Waals surface area contributed by atoms with Crippen molar-refractivity contribution in [2.75, 3.05) is 7.11 Å². The fraction of sp³-hybridized carbons (Fsp3) is 0.480. The SMILES string of the molecule is COC(=O)C1=C(C)NC(C)=C(C(=O)N[C@H](C(=O)OC(C)(C)C)C(C)C)C1c1ccccc1F. The molecule has 2 N–H and O–H groups in total. The normalized spacial score (nSPS) is 17.5. The van der Waals surface area contributed by atoms with E-state index in [1.807, 2.05) is 0 Å². The molecule has 1 unspecified atom stereocenters. The van der Waals surface area contributed by atoms with Gasteiger partial charge in [-0.3, -0.25) is 4.79 Å². The number of benzene rings is 1. The van der Waals surface area contributed by atoms with Crippen molar-refractivity contribution in [1.29, 1.82) is 0 Å². The summed E-state index contributed by atoms with van der Waals surface area (Å²) >= 11 is 0. The van der Waals surface area contributed by atoms with Crippen molar-refractivity contribution in [3.8, 4) is 0 Å². The zero-order chi connectivity index (χ0) is 25.1. The third kappa shape index (κ3) is 6.00. The van der Waals surface area contributed by atoms with Crippen LogP contribution < -0.4 is 10.6 Å². The van der Waals surface area contributed by atoms with E-state index in [0.29, 0.717) is 11.4 Å². The maximum absolute atomic E-state index is 14.9. The molecule has 0 aliphatic carbocycles. The number of esters is 2. The molecular weight excluding hydrogens is 427 g/mol. The minimum atomic E-state index is -1.02. The highest BCUT2D eigenvalue weighted by atomic mass is 19.1. The van der Waals surface area contributed by atoms with Gasteiger partial charge in [0.05, 0.1) is 18.6 Å². The molecule has 1 aromatic rings. The largest absolute Gasteiger partial charge is 0.466 e. The molecule has 2 atom stereocenters. The number of allylic oxidation sites excluding steroid dienone is 2. The van der Waals surface area contributed by atoms with Gasteiger partial charge in [0.15, 0.2) is 0 Å². The number of carbonyl (C=O) groups excluding carboxylic acids is 3. The van der Waals surface area contributed by atoms with Crippen LogP contribution in [0.15, 0.2) is 46.8 Å². The first-order valence-corrected chi connectivity index (χ1v) is 10.8. The molecule has 1 aliphatic rings. The average molecular weight is 461 g/mol. The van der Waals surface area contributed by atoms with Crippen LogP contribution in [0, 0.1) is 11.7 Å². The molecule has 1 amide bonds. The zero-order valence-corrected chi connectivity index (χ0v) is 20.5. The summed E-state index contributed by atoms with van der Waals surface area (Å²) in [5.41, 5.74) is 0.567. The Labute approximate surface area is 194 Å². The minimum absolute atomic E-state index is 0.122. The van der Waals surface area contributed by atoms with Crippen LogP contribution >= 0.6 is 0 Å². The molecule has 33 heavy (non-hydrogen) atoms. The van der Waals surface area contributed by atoms with Gasteiger partial charge in [0.2, 0.25) is 0 Å². The highest BCUT2D eigenvalue weighted by molar-refractivity contribution is 6.03. The van der Waals surface area contributed by atoms with Gasteiger partial charge in [0.1, 0.15) is 17.5 Å².